The molecule has 0 aromatic carbocycles. The van der Waals surface area contributed by atoms with E-state index in [1.54, 1.807) is 27.7 Å². The number of carboxylic acid groups (broad SMARTS) is 1. The van der Waals surface area contributed by atoms with E-state index < -0.39 is 35.0 Å². The number of hydrogen-bond donors (Lipinski definition) is 2. The summed E-state index contributed by atoms with van der Waals surface area (Å²) in [6.07, 6.45) is 5.61. The highest BCUT2D eigenvalue weighted by Gasteiger charge is 2.53. The van der Waals surface area contributed by atoms with Gasteiger partial charge in [0.25, 0.3) is 0 Å². The molecular weight excluding hydrogens is 374 g/mol. The Morgan fingerprint density at radius 2 is 1.72 bits per heavy atom. The average molecular weight is 414 g/mol. The van der Waals surface area contributed by atoms with E-state index >= 15 is 0 Å². The molecule has 0 spiro atoms. The van der Waals surface area contributed by atoms with Gasteiger partial charge in [0.1, 0.15) is 5.60 Å². The molecular formula is C22H39NO6. The van der Waals surface area contributed by atoms with Crippen molar-refractivity contribution < 1.29 is 29.0 Å². The monoisotopic (exact) mass is 413 g/mol. The summed E-state index contributed by atoms with van der Waals surface area (Å²) in [4.78, 5) is 37.3. The Morgan fingerprint density at radius 1 is 1.14 bits per heavy atom. The third-order valence-electron chi connectivity index (χ3n) is 5.83. The highest BCUT2D eigenvalue weighted by Crippen LogP contribution is 2.40. The Balaban J connectivity index is 3.02. The van der Waals surface area contributed by atoms with Gasteiger partial charge in [0.05, 0.1) is 6.61 Å². The number of aliphatic carboxylic acids is 1. The van der Waals surface area contributed by atoms with E-state index in [0.29, 0.717) is 5.92 Å². The first-order valence-electron chi connectivity index (χ1n) is 10.8. The summed E-state index contributed by atoms with van der Waals surface area (Å²) in [5.74, 6) is -2.17. The molecule has 0 aromatic heterocycles. The molecule has 1 rings (SSSR count). The van der Waals surface area contributed by atoms with Crippen LogP contribution in [0.4, 0.5) is 0 Å². The largest absolute Gasteiger partial charge is 0.480 e. The van der Waals surface area contributed by atoms with E-state index in [9.17, 15) is 19.5 Å². The molecule has 1 aliphatic rings. The summed E-state index contributed by atoms with van der Waals surface area (Å²) < 4.78 is 10.4. The van der Waals surface area contributed by atoms with Gasteiger partial charge in [0, 0.05) is 12.5 Å². The average Bonchev–Trinajstić information content (AvgIpc) is 2.63. The zero-order valence-corrected chi connectivity index (χ0v) is 18.7. The van der Waals surface area contributed by atoms with Crippen LogP contribution in [0.2, 0.25) is 0 Å². The van der Waals surface area contributed by atoms with Crippen LogP contribution >= 0.6 is 0 Å². The maximum absolute atomic E-state index is 12.8. The molecule has 7 heteroatoms. The van der Waals surface area contributed by atoms with Crippen molar-refractivity contribution in [1.82, 2.24) is 0 Å². The van der Waals surface area contributed by atoms with Crippen molar-refractivity contribution >= 4 is 17.9 Å². The zero-order valence-electron chi connectivity index (χ0n) is 18.7. The van der Waals surface area contributed by atoms with Gasteiger partial charge in [0.2, 0.25) is 0 Å². The van der Waals surface area contributed by atoms with Gasteiger partial charge in [-0.2, -0.15) is 0 Å². The molecule has 3 unspecified atom stereocenters. The smallest absolute Gasteiger partial charge is 0.325 e. The van der Waals surface area contributed by atoms with Crippen LogP contribution in [-0.4, -0.2) is 41.3 Å². The maximum Gasteiger partial charge on any atom is 0.325 e. The number of carboxylic acids is 1. The maximum atomic E-state index is 12.8. The molecule has 29 heavy (non-hydrogen) atoms. The van der Waals surface area contributed by atoms with Crippen LogP contribution in [0.1, 0.15) is 86.0 Å². The number of hydrogen-bond acceptors (Lipinski definition) is 6. The second-order valence-electron chi connectivity index (χ2n) is 9.31. The summed E-state index contributed by atoms with van der Waals surface area (Å²) in [7, 11) is 0. The van der Waals surface area contributed by atoms with Gasteiger partial charge in [-0.3, -0.25) is 14.4 Å². The highest BCUT2D eigenvalue weighted by molar-refractivity contribution is 6.00. The minimum absolute atomic E-state index is 0.0170. The lowest BCUT2D eigenvalue weighted by molar-refractivity contribution is -0.173. The van der Waals surface area contributed by atoms with Gasteiger partial charge in [0.15, 0.2) is 5.41 Å². The fourth-order valence-corrected chi connectivity index (χ4v) is 4.27. The molecule has 1 aliphatic carbocycles. The Morgan fingerprint density at radius 3 is 2.21 bits per heavy atom. The summed E-state index contributed by atoms with van der Waals surface area (Å²) in [6, 6.07) is -1.04. The fourth-order valence-electron chi connectivity index (χ4n) is 4.27. The first-order valence-corrected chi connectivity index (χ1v) is 10.8. The van der Waals surface area contributed by atoms with Crippen molar-refractivity contribution in [1.29, 1.82) is 0 Å². The Labute approximate surface area is 174 Å². The van der Waals surface area contributed by atoms with Gasteiger partial charge in [-0.25, -0.2) is 0 Å². The molecule has 3 N–H and O–H groups in total. The molecule has 0 heterocycles. The van der Waals surface area contributed by atoms with Gasteiger partial charge < -0.3 is 20.3 Å². The van der Waals surface area contributed by atoms with Crippen LogP contribution in [-0.2, 0) is 23.9 Å². The SMILES string of the molecule is CCOC(=O)C(CC(C)C1CCCCC1)(C(=O)O)C(N)CCC(=O)OC(C)(C)C. The summed E-state index contributed by atoms with van der Waals surface area (Å²) in [6.45, 7) is 8.99. The molecule has 1 saturated carbocycles. The number of carbonyl (C=O) groups is 3. The summed E-state index contributed by atoms with van der Waals surface area (Å²) >= 11 is 0. The van der Waals surface area contributed by atoms with Gasteiger partial charge in [-0.15, -0.1) is 0 Å². The van der Waals surface area contributed by atoms with E-state index in [0.717, 1.165) is 25.7 Å². The van der Waals surface area contributed by atoms with Crippen molar-refractivity contribution in [3.8, 4) is 0 Å². The quantitative estimate of drug-likeness (QED) is 0.414. The standard InChI is InChI=1S/C22H39NO6/c1-6-28-20(27)22(19(25)26,14-15(2)16-10-8-7-9-11-16)17(23)12-13-18(24)29-21(3,4)5/h15-17H,6-14,23H2,1-5H3,(H,25,26). The third-order valence-corrected chi connectivity index (χ3v) is 5.83. The first kappa shape index (κ1) is 25.4. The van der Waals surface area contributed by atoms with Gasteiger partial charge in [-0.05, 0) is 52.4 Å². The predicted molar refractivity (Wildman–Crippen MR) is 110 cm³/mol. The molecule has 0 aliphatic heterocycles. The second kappa shape index (κ2) is 11.0. The minimum Gasteiger partial charge on any atom is -0.480 e. The zero-order chi connectivity index (χ0) is 22.2. The van der Waals surface area contributed by atoms with Crippen LogP contribution in [0.3, 0.4) is 0 Å². The Bertz CT molecular complexity index is 564. The van der Waals surface area contributed by atoms with E-state index in [2.05, 4.69) is 0 Å². The molecule has 0 aromatic rings. The normalized spacial score (nSPS) is 19.7. The highest BCUT2D eigenvalue weighted by atomic mass is 16.6. The van der Waals surface area contributed by atoms with Crippen LogP contribution in [0.15, 0.2) is 0 Å². The number of carbonyl (C=O) groups excluding carboxylic acids is 2. The van der Waals surface area contributed by atoms with Gasteiger partial charge in [-0.1, -0.05) is 39.0 Å². The summed E-state index contributed by atoms with van der Waals surface area (Å²) in [5, 5.41) is 10.1. The van der Waals surface area contributed by atoms with Crippen molar-refractivity contribution in [3.63, 3.8) is 0 Å². The van der Waals surface area contributed by atoms with Crippen molar-refractivity contribution in [3.05, 3.63) is 0 Å². The molecule has 168 valence electrons. The molecule has 1 fully saturated rings. The third kappa shape index (κ3) is 7.28. The topological polar surface area (TPSA) is 116 Å². The Kier molecular flexibility index (Phi) is 9.59. The second-order valence-corrected chi connectivity index (χ2v) is 9.31. The van der Waals surface area contributed by atoms with Crippen LogP contribution in [0.25, 0.3) is 0 Å². The van der Waals surface area contributed by atoms with E-state index in [-0.39, 0.29) is 31.8 Å². The Hall–Kier alpha value is -1.63. The molecule has 0 saturated heterocycles. The molecule has 0 bridgehead atoms. The fraction of sp³-hybridized carbons (Fsp3) is 0.864. The molecule has 0 amide bonds. The van der Waals surface area contributed by atoms with Crippen molar-refractivity contribution in [2.24, 2.45) is 23.0 Å². The first-order chi connectivity index (χ1) is 13.4. The van der Waals surface area contributed by atoms with Crippen LogP contribution in [0, 0.1) is 17.3 Å². The van der Waals surface area contributed by atoms with E-state index in [4.69, 9.17) is 15.2 Å². The van der Waals surface area contributed by atoms with E-state index in [1.807, 2.05) is 6.92 Å². The predicted octanol–water partition coefficient (Wildman–Crippen LogP) is 3.68. The molecule has 3 atom stereocenters. The number of nitrogens with two attached hydrogens (primary N) is 1. The minimum atomic E-state index is -1.87. The lowest BCUT2D eigenvalue weighted by atomic mass is 9.68. The number of esters is 2. The van der Waals surface area contributed by atoms with Gasteiger partial charge >= 0.3 is 17.9 Å². The number of rotatable bonds is 10. The lowest BCUT2D eigenvalue weighted by Crippen LogP contribution is -2.55. The van der Waals surface area contributed by atoms with Crippen molar-refractivity contribution in [2.75, 3.05) is 6.61 Å². The van der Waals surface area contributed by atoms with Crippen molar-refractivity contribution in [2.45, 2.75) is 97.6 Å². The number of ether oxygens (including phenoxy) is 2. The van der Waals surface area contributed by atoms with Crippen LogP contribution in [0.5, 0.6) is 0 Å². The van der Waals surface area contributed by atoms with Crippen LogP contribution < -0.4 is 5.73 Å². The summed E-state index contributed by atoms with van der Waals surface area (Å²) in [5.41, 5.74) is 3.78. The van der Waals surface area contributed by atoms with E-state index in [1.165, 1.54) is 6.42 Å². The molecule has 0 radical (unpaired) electrons. The lowest BCUT2D eigenvalue weighted by Gasteiger charge is -2.37. The molecule has 7 nitrogen and oxygen atoms in total.